The van der Waals surface area contributed by atoms with Crippen LogP contribution in [0.3, 0.4) is 0 Å². The van der Waals surface area contributed by atoms with E-state index in [-0.39, 0.29) is 29.3 Å². The van der Waals surface area contributed by atoms with Crippen molar-refractivity contribution in [3.63, 3.8) is 0 Å². The third-order valence-corrected chi connectivity index (χ3v) is 6.68. The van der Waals surface area contributed by atoms with Gasteiger partial charge in [-0.05, 0) is 37.3 Å². The number of halogens is 1. The third kappa shape index (κ3) is 5.90. The van der Waals surface area contributed by atoms with Crippen molar-refractivity contribution in [2.75, 3.05) is 32.1 Å². The normalized spacial score (nSPS) is 12.8. The summed E-state index contributed by atoms with van der Waals surface area (Å²) in [5.74, 6) is 1.93. The van der Waals surface area contributed by atoms with Crippen LogP contribution in [-0.4, -0.2) is 73.7 Å². The number of likely N-dealkylation sites (tertiary alicyclic amines) is 1. The molecule has 1 N–H and O–H groups in total. The van der Waals surface area contributed by atoms with Gasteiger partial charge in [-0.25, -0.2) is 19.0 Å². The van der Waals surface area contributed by atoms with Gasteiger partial charge in [-0.15, -0.1) is 15.3 Å². The Morgan fingerprint density at radius 2 is 1.95 bits per heavy atom. The predicted molar refractivity (Wildman–Crippen MR) is 157 cm³/mol. The quantitative estimate of drug-likeness (QED) is 0.216. The molecule has 0 radical (unpaired) electrons. The minimum absolute atomic E-state index is 0.151. The second kappa shape index (κ2) is 12.2. The summed E-state index contributed by atoms with van der Waals surface area (Å²) in [7, 11) is 1.53. The molecule has 1 aliphatic heterocycles. The fraction of sp³-hybridized carbons (Fsp3) is 0.200. The summed E-state index contributed by atoms with van der Waals surface area (Å²) in [6.45, 7) is 6.71. The minimum atomic E-state index is -0.572. The van der Waals surface area contributed by atoms with E-state index in [1.807, 2.05) is 6.92 Å². The van der Waals surface area contributed by atoms with E-state index in [1.54, 1.807) is 47.5 Å². The van der Waals surface area contributed by atoms with Crippen LogP contribution in [-0.2, 0) is 4.79 Å². The number of carbonyl (C=O) groups is 1. The van der Waals surface area contributed by atoms with Crippen molar-refractivity contribution in [3.05, 3.63) is 79.5 Å². The molecule has 224 valence electrons. The molecule has 0 bridgehead atoms. The van der Waals surface area contributed by atoms with E-state index in [1.165, 1.54) is 36.3 Å². The summed E-state index contributed by atoms with van der Waals surface area (Å²) >= 11 is 0. The molecule has 0 spiro atoms. The van der Waals surface area contributed by atoms with Gasteiger partial charge in [-0.3, -0.25) is 4.79 Å². The molecule has 0 saturated carbocycles. The van der Waals surface area contributed by atoms with E-state index in [2.05, 4.69) is 37.2 Å². The zero-order chi connectivity index (χ0) is 30.6. The van der Waals surface area contributed by atoms with E-state index in [0.29, 0.717) is 59.6 Å². The highest BCUT2D eigenvalue weighted by Crippen LogP contribution is 2.37. The molecule has 1 saturated heterocycles. The topological polar surface area (TPSA) is 139 Å². The van der Waals surface area contributed by atoms with Crippen molar-refractivity contribution in [1.29, 1.82) is 0 Å². The van der Waals surface area contributed by atoms with Crippen LogP contribution in [0.25, 0.3) is 16.7 Å². The number of anilines is 2. The van der Waals surface area contributed by atoms with Crippen LogP contribution in [0.2, 0.25) is 0 Å². The Hall–Kier alpha value is -5.79. The lowest BCUT2D eigenvalue weighted by Gasteiger charge is -2.38. The molecule has 2 aromatic carbocycles. The monoisotopic (exact) mass is 598 g/mol. The third-order valence-electron chi connectivity index (χ3n) is 6.68. The summed E-state index contributed by atoms with van der Waals surface area (Å²) in [6, 6.07) is 12.9. The van der Waals surface area contributed by atoms with E-state index in [0.717, 1.165) is 0 Å². The number of nitrogens with one attached hydrogen (secondary N) is 1. The lowest BCUT2D eigenvalue weighted by Crippen LogP contribution is -2.55. The van der Waals surface area contributed by atoms with Gasteiger partial charge in [0.05, 0.1) is 38.0 Å². The van der Waals surface area contributed by atoms with Gasteiger partial charge in [0.25, 0.3) is 0 Å². The molecule has 14 heteroatoms. The fourth-order valence-electron chi connectivity index (χ4n) is 4.47. The Balaban J connectivity index is 1.17. The number of ether oxygens (including phenoxy) is 4. The van der Waals surface area contributed by atoms with Crippen molar-refractivity contribution in [2.24, 2.45) is 0 Å². The Bertz CT molecular complexity index is 1820. The van der Waals surface area contributed by atoms with Crippen molar-refractivity contribution in [1.82, 2.24) is 34.8 Å². The van der Waals surface area contributed by atoms with Gasteiger partial charge in [0, 0.05) is 35.8 Å². The molecular formula is C30H27FN8O5. The van der Waals surface area contributed by atoms with E-state index >= 15 is 4.39 Å². The Labute approximate surface area is 250 Å². The lowest BCUT2D eigenvalue weighted by molar-refractivity contribution is -0.134. The maximum atomic E-state index is 15.2. The van der Waals surface area contributed by atoms with Crippen LogP contribution in [0.1, 0.15) is 6.92 Å². The van der Waals surface area contributed by atoms with Gasteiger partial charge in [-0.1, -0.05) is 6.58 Å². The summed E-state index contributed by atoms with van der Waals surface area (Å²) in [5, 5.41) is 16.0. The molecule has 3 aromatic heterocycles. The first-order valence-electron chi connectivity index (χ1n) is 13.6. The van der Waals surface area contributed by atoms with Crippen LogP contribution in [0.15, 0.2) is 73.7 Å². The number of aromatic nitrogens is 6. The zero-order valence-electron chi connectivity index (χ0n) is 23.8. The molecule has 1 amide bonds. The number of hydrogen-bond acceptors (Lipinski definition) is 11. The van der Waals surface area contributed by atoms with Crippen LogP contribution < -0.4 is 24.3 Å². The van der Waals surface area contributed by atoms with Gasteiger partial charge in [-0.2, -0.15) is 0 Å². The number of rotatable bonds is 11. The maximum absolute atomic E-state index is 15.2. The van der Waals surface area contributed by atoms with E-state index in [4.69, 9.17) is 18.9 Å². The maximum Gasteiger partial charge on any atom is 0.246 e. The zero-order valence-corrected chi connectivity index (χ0v) is 23.8. The molecule has 0 unspecified atom stereocenters. The number of fused-ring (bicyclic) bond motifs is 1. The van der Waals surface area contributed by atoms with Crippen molar-refractivity contribution >= 4 is 28.3 Å². The Kier molecular flexibility index (Phi) is 7.86. The first kappa shape index (κ1) is 28.3. The largest absolute Gasteiger partial charge is 0.493 e. The molecular weight excluding hydrogens is 571 g/mol. The van der Waals surface area contributed by atoms with Crippen molar-refractivity contribution < 1.29 is 28.1 Å². The first-order chi connectivity index (χ1) is 21.4. The van der Waals surface area contributed by atoms with Gasteiger partial charge < -0.3 is 29.2 Å². The standard InChI is InChI=1S/C30H27FN8O5/c1-4-29(40)38-15-19(16-38)43-25-13-20-23(14-24(25)41-3)32-17-33-30(20)34-22-7-6-18(12-21(22)31)44-28-10-11-39(37-28)26-8-9-27(36-35-26)42-5-2/h4,6-14,17,19H,1,5,15-16H2,2-3H3,(H,32,33,34). The van der Waals surface area contributed by atoms with E-state index < -0.39 is 5.82 Å². The average Bonchev–Trinajstić information content (AvgIpc) is 3.48. The highest BCUT2D eigenvalue weighted by molar-refractivity contribution is 5.93. The highest BCUT2D eigenvalue weighted by Gasteiger charge is 2.31. The first-order valence-corrected chi connectivity index (χ1v) is 13.6. The number of amides is 1. The van der Waals surface area contributed by atoms with Gasteiger partial charge in [0.2, 0.25) is 17.7 Å². The summed E-state index contributed by atoms with van der Waals surface area (Å²) in [6.07, 6.45) is 4.08. The van der Waals surface area contributed by atoms with Crippen LogP contribution in [0.5, 0.6) is 29.0 Å². The molecule has 0 aliphatic carbocycles. The second-order valence-electron chi connectivity index (χ2n) is 9.56. The average molecular weight is 599 g/mol. The molecule has 44 heavy (non-hydrogen) atoms. The fourth-order valence-corrected chi connectivity index (χ4v) is 4.47. The number of methoxy groups -OCH3 is 1. The summed E-state index contributed by atoms with van der Waals surface area (Å²) in [4.78, 5) is 22.1. The second-order valence-corrected chi connectivity index (χ2v) is 9.56. The Morgan fingerprint density at radius 3 is 2.68 bits per heavy atom. The number of hydrogen-bond donors (Lipinski definition) is 1. The van der Waals surface area contributed by atoms with Gasteiger partial charge >= 0.3 is 0 Å². The molecule has 0 atom stereocenters. The van der Waals surface area contributed by atoms with Crippen LogP contribution >= 0.6 is 0 Å². The van der Waals surface area contributed by atoms with Crippen molar-refractivity contribution in [2.45, 2.75) is 13.0 Å². The summed E-state index contributed by atoms with van der Waals surface area (Å²) < 4.78 is 39.4. The molecule has 6 rings (SSSR count). The molecule has 1 fully saturated rings. The van der Waals surface area contributed by atoms with E-state index in [9.17, 15) is 4.79 Å². The minimum Gasteiger partial charge on any atom is -0.493 e. The predicted octanol–water partition coefficient (Wildman–Crippen LogP) is 4.46. The van der Waals surface area contributed by atoms with Gasteiger partial charge in [0.1, 0.15) is 29.8 Å². The SMILES string of the molecule is C=CC(=O)N1CC(Oc2cc3c(Nc4ccc(Oc5ccn(-c6ccc(OCC)nn6)n5)cc4F)ncnc3cc2OC)C1. The number of nitrogens with zero attached hydrogens (tertiary/aromatic N) is 7. The van der Waals surface area contributed by atoms with Crippen LogP contribution in [0.4, 0.5) is 15.9 Å². The number of benzene rings is 2. The lowest BCUT2D eigenvalue weighted by atomic mass is 10.1. The molecule has 1 aliphatic rings. The summed E-state index contributed by atoms with van der Waals surface area (Å²) in [5.41, 5.74) is 0.736. The highest BCUT2D eigenvalue weighted by atomic mass is 19.1. The smallest absolute Gasteiger partial charge is 0.246 e. The van der Waals surface area contributed by atoms with Crippen LogP contribution in [0, 0.1) is 5.82 Å². The number of carbonyl (C=O) groups excluding carboxylic acids is 1. The molecule has 5 aromatic rings. The molecule has 4 heterocycles. The Morgan fingerprint density at radius 1 is 1.09 bits per heavy atom. The molecule has 13 nitrogen and oxygen atoms in total. The van der Waals surface area contributed by atoms with Crippen molar-refractivity contribution in [3.8, 4) is 34.8 Å². The van der Waals surface area contributed by atoms with Gasteiger partial charge in [0.15, 0.2) is 17.3 Å².